The number of nitrogens with zero attached hydrogens (tertiary/aromatic N) is 2. The molecule has 17 heavy (non-hydrogen) atoms. The van der Waals surface area contributed by atoms with Crippen molar-refractivity contribution in [2.24, 2.45) is 0 Å². The zero-order chi connectivity index (χ0) is 12.7. The van der Waals surface area contributed by atoms with Gasteiger partial charge in [-0.3, -0.25) is 4.79 Å². The number of aliphatic hydroxyl groups excluding tert-OH is 1. The Morgan fingerprint density at radius 3 is 3.00 bits per heavy atom. The Kier molecular flexibility index (Phi) is 6.03. The fourth-order valence-electron chi connectivity index (χ4n) is 1.37. The number of hydrogen-bond acceptors (Lipinski definition) is 6. The van der Waals surface area contributed by atoms with Crippen molar-refractivity contribution in [2.45, 2.75) is 25.8 Å². The molecule has 6 nitrogen and oxygen atoms in total. The number of amides is 1. The number of carbonyl (C=O) groups is 1. The standard InChI is InChI=1S/C10H17N3O3S/c1-3-4-8-9(17-13-12-8)10(15)11-7(5-14)6-16-2/h7,14H,3-6H2,1-2H3,(H,11,15). The predicted octanol–water partition coefficient (Wildman–Crippen LogP) is 0.228. The van der Waals surface area contributed by atoms with E-state index in [9.17, 15) is 4.79 Å². The summed E-state index contributed by atoms with van der Waals surface area (Å²) in [6, 6.07) is -0.399. The van der Waals surface area contributed by atoms with Crippen molar-refractivity contribution in [2.75, 3.05) is 20.3 Å². The second-order valence-electron chi connectivity index (χ2n) is 3.61. The summed E-state index contributed by atoms with van der Waals surface area (Å²) in [5.41, 5.74) is 0.712. The third-order valence-electron chi connectivity index (χ3n) is 2.17. The highest BCUT2D eigenvalue weighted by Crippen LogP contribution is 2.12. The van der Waals surface area contributed by atoms with Crippen LogP contribution < -0.4 is 5.32 Å². The highest BCUT2D eigenvalue weighted by Gasteiger charge is 2.18. The minimum Gasteiger partial charge on any atom is -0.394 e. The van der Waals surface area contributed by atoms with E-state index in [2.05, 4.69) is 14.9 Å². The summed E-state index contributed by atoms with van der Waals surface area (Å²) in [7, 11) is 1.52. The SMILES string of the molecule is CCCc1nnsc1C(=O)NC(CO)COC. The molecular formula is C10H17N3O3S. The smallest absolute Gasteiger partial charge is 0.265 e. The van der Waals surface area contributed by atoms with Gasteiger partial charge in [-0.25, -0.2) is 0 Å². The van der Waals surface area contributed by atoms with Crippen LogP contribution in [-0.2, 0) is 11.2 Å². The largest absolute Gasteiger partial charge is 0.394 e. The monoisotopic (exact) mass is 259 g/mol. The van der Waals surface area contributed by atoms with Gasteiger partial charge in [0.15, 0.2) is 0 Å². The molecule has 0 saturated heterocycles. The Balaban J connectivity index is 2.64. The molecule has 0 aliphatic carbocycles. The normalized spacial score (nSPS) is 12.4. The number of carbonyl (C=O) groups excluding carboxylic acids is 1. The van der Waals surface area contributed by atoms with E-state index in [1.54, 1.807) is 0 Å². The highest BCUT2D eigenvalue weighted by molar-refractivity contribution is 7.08. The number of aliphatic hydroxyl groups is 1. The summed E-state index contributed by atoms with van der Waals surface area (Å²) in [5, 5.41) is 15.7. The van der Waals surface area contributed by atoms with Gasteiger partial charge in [-0.15, -0.1) is 5.10 Å². The van der Waals surface area contributed by atoms with E-state index in [0.29, 0.717) is 10.6 Å². The van der Waals surface area contributed by atoms with Gasteiger partial charge >= 0.3 is 0 Å². The van der Waals surface area contributed by atoms with Crippen molar-refractivity contribution in [3.63, 3.8) is 0 Å². The summed E-state index contributed by atoms with van der Waals surface area (Å²) in [6.45, 7) is 2.13. The van der Waals surface area contributed by atoms with Crippen LogP contribution in [0.3, 0.4) is 0 Å². The van der Waals surface area contributed by atoms with E-state index in [-0.39, 0.29) is 19.1 Å². The van der Waals surface area contributed by atoms with Crippen molar-refractivity contribution in [3.05, 3.63) is 10.6 Å². The number of ether oxygens (including phenoxy) is 1. The topological polar surface area (TPSA) is 84.3 Å². The van der Waals surface area contributed by atoms with E-state index in [1.807, 2.05) is 6.92 Å². The van der Waals surface area contributed by atoms with Crippen LogP contribution >= 0.6 is 11.5 Å². The van der Waals surface area contributed by atoms with Gasteiger partial charge in [-0.05, 0) is 18.0 Å². The molecule has 1 atom stereocenters. The Hall–Kier alpha value is -1.05. The third-order valence-corrected chi connectivity index (χ3v) is 2.94. The zero-order valence-corrected chi connectivity index (χ0v) is 10.8. The molecule has 0 spiro atoms. The Morgan fingerprint density at radius 1 is 1.65 bits per heavy atom. The summed E-state index contributed by atoms with van der Waals surface area (Å²) >= 11 is 1.07. The van der Waals surface area contributed by atoms with Crippen LogP contribution in [0.1, 0.15) is 28.7 Å². The average molecular weight is 259 g/mol. The number of hydrogen-bond donors (Lipinski definition) is 2. The highest BCUT2D eigenvalue weighted by atomic mass is 32.1. The number of nitrogens with one attached hydrogen (secondary N) is 1. The molecule has 1 heterocycles. The fourth-order valence-corrected chi connectivity index (χ4v) is 1.98. The van der Waals surface area contributed by atoms with Gasteiger partial charge in [0.1, 0.15) is 4.88 Å². The van der Waals surface area contributed by atoms with E-state index >= 15 is 0 Å². The molecule has 0 aliphatic rings. The number of rotatable bonds is 7. The maximum absolute atomic E-state index is 11.9. The van der Waals surface area contributed by atoms with E-state index in [1.165, 1.54) is 7.11 Å². The van der Waals surface area contributed by atoms with Crippen LogP contribution in [0.2, 0.25) is 0 Å². The average Bonchev–Trinajstić information content (AvgIpc) is 2.77. The second kappa shape index (κ2) is 7.31. The van der Waals surface area contributed by atoms with Gasteiger partial charge in [0, 0.05) is 7.11 Å². The van der Waals surface area contributed by atoms with Gasteiger partial charge in [-0.2, -0.15) is 0 Å². The summed E-state index contributed by atoms with van der Waals surface area (Å²) in [4.78, 5) is 12.4. The lowest BCUT2D eigenvalue weighted by Gasteiger charge is -2.14. The van der Waals surface area contributed by atoms with Crippen LogP contribution in [0, 0.1) is 0 Å². The second-order valence-corrected chi connectivity index (χ2v) is 4.36. The lowest BCUT2D eigenvalue weighted by Crippen LogP contribution is -2.40. The van der Waals surface area contributed by atoms with Gasteiger partial charge in [0.2, 0.25) is 0 Å². The number of methoxy groups -OCH3 is 1. The minimum absolute atomic E-state index is 0.158. The van der Waals surface area contributed by atoms with Crippen molar-refractivity contribution in [3.8, 4) is 0 Å². The van der Waals surface area contributed by atoms with Crippen molar-refractivity contribution in [1.82, 2.24) is 14.9 Å². The molecule has 2 N–H and O–H groups in total. The maximum Gasteiger partial charge on any atom is 0.265 e. The summed E-state index contributed by atoms with van der Waals surface area (Å²) < 4.78 is 8.67. The molecule has 1 aromatic rings. The summed E-state index contributed by atoms with van der Waals surface area (Å²) in [5.74, 6) is -0.250. The van der Waals surface area contributed by atoms with Crippen LogP contribution in [0.5, 0.6) is 0 Å². The number of aryl methyl sites for hydroxylation is 1. The van der Waals surface area contributed by atoms with E-state index in [4.69, 9.17) is 9.84 Å². The third kappa shape index (κ3) is 4.03. The first-order valence-corrected chi connectivity index (χ1v) is 6.22. The lowest BCUT2D eigenvalue weighted by atomic mass is 10.2. The first-order chi connectivity index (χ1) is 8.22. The molecule has 1 rings (SSSR count). The predicted molar refractivity (Wildman–Crippen MR) is 64.1 cm³/mol. The molecule has 0 aromatic carbocycles. The van der Waals surface area contributed by atoms with Gasteiger partial charge < -0.3 is 15.2 Å². The summed E-state index contributed by atoms with van der Waals surface area (Å²) in [6.07, 6.45) is 1.64. The van der Waals surface area contributed by atoms with Crippen LogP contribution in [0.4, 0.5) is 0 Å². The first kappa shape index (κ1) is 14.0. The van der Waals surface area contributed by atoms with Gasteiger partial charge in [0.25, 0.3) is 5.91 Å². The molecule has 7 heteroatoms. The molecule has 0 aliphatic heterocycles. The lowest BCUT2D eigenvalue weighted by molar-refractivity contribution is 0.0842. The maximum atomic E-state index is 11.9. The van der Waals surface area contributed by atoms with Crippen LogP contribution in [0.25, 0.3) is 0 Å². The first-order valence-electron chi connectivity index (χ1n) is 5.44. The van der Waals surface area contributed by atoms with E-state index in [0.717, 1.165) is 24.4 Å². The van der Waals surface area contributed by atoms with Gasteiger partial charge in [-0.1, -0.05) is 17.8 Å². The Morgan fingerprint density at radius 2 is 2.41 bits per heavy atom. The van der Waals surface area contributed by atoms with Crippen molar-refractivity contribution >= 4 is 17.4 Å². The molecule has 1 amide bonds. The molecule has 1 unspecified atom stereocenters. The molecule has 96 valence electrons. The molecule has 0 fully saturated rings. The Labute approximate surface area is 104 Å². The van der Waals surface area contributed by atoms with Gasteiger partial charge in [0.05, 0.1) is 24.9 Å². The molecule has 0 radical (unpaired) electrons. The fraction of sp³-hybridized carbons (Fsp3) is 0.700. The van der Waals surface area contributed by atoms with Crippen molar-refractivity contribution in [1.29, 1.82) is 0 Å². The number of aromatic nitrogens is 2. The molecule has 1 aromatic heterocycles. The van der Waals surface area contributed by atoms with Crippen LogP contribution in [-0.4, -0.2) is 47.0 Å². The quantitative estimate of drug-likeness (QED) is 0.732. The zero-order valence-electron chi connectivity index (χ0n) is 9.97. The molecule has 0 bridgehead atoms. The van der Waals surface area contributed by atoms with Crippen LogP contribution in [0.15, 0.2) is 0 Å². The Bertz CT molecular complexity index is 356. The minimum atomic E-state index is -0.399. The van der Waals surface area contributed by atoms with Crippen molar-refractivity contribution < 1.29 is 14.6 Å². The van der Waals surface area contributed by atoms with E-state index < -0.39 is 6.04 Å². The molecular weight excluding hydrogens is 242 g/mol. The molecule has 0 saturated carbocycles.